The van der Waals surface area contributed by atoms with Crippen molar-refractivity contribution in [1.29, 1.82) is 5.26 Å². The monoisotopic (exact) mass is 245 g/mol. The molecule has 1 aliphatic heterocycles. The molecule has 0 spiro atoms. The number of aromatic nitrogens is 1. The summed E-state index contributed by atoms with van der Waals surface area (Å²) >= 11 is 0. The van der Waals surface area contributed by atoms with E-state index in [0.717, 1.165) is 5.56 Å². The molecule has 1 saturated heterocycles. The zero-order chi connectivity index (χ0) is 13.3. The predicted molar refractivity (Wildman–Crippen MR) is 66.2 cm³/mol. The Morgan fingerprint density at radius 1 is 1.67 bits per heavy atom. The first-order valence-corrected chi connectivity index (χ1v) is 5.91. The van der Waals surface area contributed by atoms with E-state index in [1.165, 1.54) is 0 Å². The molecule has 2 atom stereocenters. The van der Waals surface area contributed by atoms with Gasteiger partial charge in [-0.05, 0) is 31.9 Å². The predicted octanol–water partition coefficient (Wildman–Crippen LogP) is 1.56. The Morgan fingerprint density at radius 3 is 2.94 bits per heavy atom. The number of aryl methyl sites for hydroxylation is 1. The number of hydrogen-bond acceptors (Lipinski definition) is 4. The largest absolute Gasteiger partial charge is 0.481 e. The second-order valence-electron chi connectivity index (χ2n) is 4.61. The van der Waals surface area contributed by atoms with Crippen LogP contribution in [0.2, 0.25) is 0 Å². The van der Waals surface area contributed by atoms with E-state index in [1.807, 2.05) is 18.7 Å². The summed E-state index contributed by atoms with van der Waals surface area (Å²) in [5, 5.41) is 18.3. The highest BCUT2D eigenvalue weighted by molar-refractivity contribution is 5.73. The van der Waals surface area contributed by atoms with E-state index in [2.05, 4.69) is 11.1 Å². The second-order valence-corrected chi connectivity index (χ2v) is 4.61. The van der Waals surface area contributed by atoms with Crippen molar-refractivity contribution in [3.8, 4) is 6.07 Å². The van der Waals surface area contributed by atoms with Gasteiger partial charge in [-0.1, -0.05) is 0 Å². The van der Waals surface area contributed by atoms with E-state index in [9.17, 15) is 10.1 Å². The average molecular weight is 245 g/mol. The van der Waals surface area contributed by atoms with Crippen molar-refractivity contribution < 1.29 is 9.90 Å². The lowest BCUT2D eigenvalue weighted by atomic mass is 10.0. The van der Waals surface area contributed by atoms with Gasteiger partial charge in [-0.25, -0.2) is 4.98 Å². The second kappa shape index (κ2) is 4.65. The topological polar surface area (TPSA) is 77.2 Å². The summed E-state index contributed by atoms with van der Waals surface area (Å²) in [5.74, 6) is -0.566. The van der Waals surface area contributed by atoms with Gasteiger partial charge in [0.05, 0.1) is 11.5 Å². The van der Waals surface area contributed by atoms with Crippen LogP contribution < -0.4 is 4.90 Å². The van der Waals surface area contributed by atoms with Gasteiger partial charge in [0.15, 0.2) is 0 Å². The molecule has 1 N–H and O–H groups in total. The molecule has 5 nitrogen and oxygen atoms in total. The molecule has 2 rings (SSSR count). The smallest absolute Gasteiger partial charge is 0.308 e. The Hall–Kier alpha value is -2.09. The van der Waals surface area contributed by atoms with Crippen LogP contribution in [0.25, 0.3) is 0 Å². The first-order chi connectivity index (χ1) is 8.56. The van der Waals surface area contributed by atoms with Crippen LogP contribution in [0.3, 0.4) is 0 Å². The number of carboxylic acids is 1. The summed E-state index contributed by atoms with van der Waals surface area (Å²) in [6, 6.07) is 3.81. The molecule has 1 aromatic rings. The van der Waals surface area contributed by atoms with Crippen LogP contribution in [0.15, 0.2) is 12.3 Å². The number of aliphatic carboxylic acids is 1. The maximum atomic E-state index is 11.1. The highest BCUT2D eigenvalue weighted by Crippen LogP contribution is 2.31. The zero-order valence-electron chi connectivity index (χ0n) is 10.4. The molecule has 2 heterocycles. The number of rotatable bonds is 2. The highest BCUT2D eigenvalue weighted by atomic mass is 16.4. The number of hydrogen-bond donors (Lipinski definition) is 1. The first kappa shape index (κ1) is 12.4. The number of nitriles is 1. The lowest BCUT2D eigenvalue weighted by Crippen LogP contribution is -2.34. The van der Waals surface area contributed by atoms with E-state index in [4.69, 9.17) is 5.11 Å². The molecular weight excluding hydrogens is 230 g/mol. The molecule has 0 aromatic carbocycles. The molecule has 2 unspecified atom stereocenters. The molecule has 0 amide bonds. The van der Waals surface area contributed by atoms with Crippen molar-refractivity contribution in [1.82, 2.24) is 4.98 Å². The van der Waals surface area contributed by atoms with Crippen molar-refractivity contribution in [2.45, 2.75) is 26.3 Å². The molecule has 94 valence electrons. The molecule has 18 heavy (non-hydrogen) atoms. The van der Waals surface area contributed by atoms with Crippen LogP contribution in [0, 0.1) is 24.2 Å². The quantitative estimate of drug-likeness (QED) is 0.855. The number of anilines is 1. The van der Waals surface area contributed by atoms with Gasteiger partial charge >= 0.3 is 5.97 Å². The van der Waals surface area contributed by atoms with Crippen molar-refractivity contribution >= 4 is 11.8 Å². The van der Waals surface area contributed by atoms with Gasteiger partial charge in [-0.3, -0.25) is 4.79 Å². The Labute approximate surface area is 106 Å². The molecule has 0 radical (unpaired) electrons. The van der Waals surface area contributed by atoms with E-state index in [0.29, 0.717) is 24.3 Å². The molecule has 0 bridgehead atoms. The van der Waals surface area contributed by atoms with Crippen molar-refractivity contribution in [3.63, 3.8) is 0 Å². The molecule has 1 fully saturated rings. The van der Waals surface area contributed by atoms with Crippen molar-refractivity contribution in [2.75, 3.05) is 11.4 Å². The highest BCUT2D eigenvalue weighted by Gasteiger charge is 2.37. The fraction of sp³-hybridized carbons (Fsp3) is 0.462. The van der Waals surface area contributed by atoms with Crippen LogP contribution >= 0.6 is 0 Å². The zero-order valence-corrected chi connectivity index (χ0v) is 10.4. The lowest BCUT2D eigenvalue weighted by Gasteiger charge is -2.25. The summed E-state index contributed by atoms with van der Waals surface area (Å²) in [6.45, 7) is 4.36. The Bertz CT molecular complexity index is 521. The van der Waals surface area contributed by atoms with Gasteiger partial charge in [-0.2, -0.15) is 5.26 Å². The van der Waals surface area contributed by atoms with Gasteiger partial charge < -0.3 is 10.0 Å². The van der Waals surface area contributed by atoms with Crippen molar-refractivity contribution in [2.24, 2.45) is 5.92 Å². The molecule has 5 heteroatoms. The molecule has 1 aliphatic rings. The minimum absolute atomic E-state index is 0.135. The molecule has 0 saturated carbocycles. The van der Waals surface area contributed by atoms with Crippen LogP contribution in [0.1, 0.15) is 24.5 Å². The Balaban J connectivity index is 2.37. The van der Waals surface area contributed by atoms with Crippen LogP contribution in [0.4, 0.5) is 5.82 Å². The van der Waals surface area contributed by atoms with Crippen LogP contribution in [-0.2, 0) is 4.79 Å². The molecule has 0 aliphatic carbocycles. The third-order valence-electron chi connectivity index (χ3n) is 3.60. The van der Waals surface area contributed by atoms with Gasteiger partial charge in [0.25, 0.3) is 0 Å². The van der Waals surface area contributed by atoms with Gasteiger partial charge in [0, 0.05) is 18.8 Å². The van der Waals surface area contributed by atoms with E-state index >= 15 is 0 Å². The minimum atomic E-state index is -0.781. The van der Waals surface area contributed by atoms with E-state index in [-0.39, 0.29) is 12.0 Å². The van der Waals surface area contributed by atoms with Gasteiger partial charge in [0.1, 0.15) is 11.9 Å². The maximum Gasteiger partial charge on any atom is 0.308 e. The first-order valence-electron chi connectivity index (χ1n) is 5.91. The SMILES string of the molecule is Cc1ccnc(N2CCC(C(=O)O)C2C)c1C#N. The Morgan fingerprint density at radius 2 is 2.39 bits per heavy atom. The normalized spacial score (nSPS) is 22.8. The summed E-state index contributed by atoms with van der Waals surface area (Å²) < 4.78 is 0. The summed E-state index contributed by atoms with van der Waals surface area (Å²) in [6.07, 6.45) is 2.25. The number of nitrogens with zero attached hydrogens (tertiary/aromatic N) is 3. The number of pyridine rings is 1. The fourth-order valence-corrected chi connectivity index (χ4v) is 2.47. The van der Waals surface area contributed by atoms with Gasteiger partial charge in [0.2, 0.25) is 0 Å². The number of carboxylic acid groups (broad SMARTS) is 1. The van der Waals surface area contributed by atoms with Crippen molar-refractivity contribution in [3.05, 3.63) is 23.4 Å². The number of carbonyl (C=O) groups is 1. The minimum Gasteiger partial charge on any atom is -0.481 e. The summed E-state index contributed by atoms with van der Waals surface area (Å²) in [5.41, 5.74) is 1.41. The Kier molecular flexibility index (Phi) is 3.19. The lowest BCUT2D eigenvalue weighted by molar-refractivity contribution is -0.141. The summed E-state index contributed by atoms with van der Waals surface area (Å²) in [4.78, 5) is 17.3. The maximum absolute atomic E-state index is 11.1. The third kappa shape index (κ3) is 1.90. The van der Waals surface area contributed by atoms with Crippen LogP contribution in [0.5, 0.6) is 0 Å². The standard InChI is InChI=1S/C13H15N3O2/c1-8-3-5-15-12(11(8)7-14)16-6-4-10(9(16)2)13(17)18/h3,5,9-10H,4,6H2,1-2H3,(H,17,18). The van der Waals surface area contributed by atoms with Crippen LogP contribution in [-0.4, -0.2) is 28.6 Å². The average Bonchev–Trinajstić information content (AvgIpc) is 2.70. The van der Waals surface area contributed by atoms with E-state index < -0.39 is 5.97 Å². The fourth-order valence-electron chi connectivity index (χ4n) is 2.47. The van der Waals surface area contributed by atoms with E-state index in [1.54, 1.807) is 12.3 Å². The third-order valence-corrected chi connectivity index (χ3v) is 3.60. The summed E-state index contributed by atoms with van der Waals surface area (Å²) in [7, 11) is 0. The molecular formula is C13H15N3O2. The molecule has 1 aromatic heterocycles. The van der Waals surface area contributed by atoms with Gasteiger partial charge in [-0.15, -0.1) is 0 Å².